The first-order valence-corrected chi connectivity index (χ1v) is 4.96. The van der Waals surface area contributed by atoms with Crippen LogP contribution in [0.4, 0.5) is 17.6 Å². The SMILES string of the molecule is Fc1n[nH]c(C(F)(F)F)c1OCc1ccccc1. The largest absolute Gasteiger partial charge is 0.482 e. The Hall–Kier alpha value is -2.05. The van der Waals surface area contributed by atoms with Gasteiger partial charge in [-0.3, -0.25) is 5.10 Å². The number of alkyl halides is 3. The minimum absolute atomic E-state index is 0.166. The van der Waals surface area contributed by atoms with Crippen LogP contribution in [0.1, 0.15) is 11.3 Å². The van der Waals surface area contributed by atoms with Crippen LogP contribution >= 0.6 is 0 Å². The minimum atomic E-state index is -4.73. The van der Waals surface area contributed by atoms with Gasteiger partial charge in [-0.25, -0.2) is 0 Å². The Morgan fingerprint density at radius 1 is 1.17 bits per heavy atom. The number of halogens is 4. The molecule has 2 aromatic rings. The topological polar surface area (TPSA) is 37.9 Å². The van der Waals surface area contributed by atoms with Crippen LogP contribution in [0.15, 0.2) is 30.3 Å². The van der Waals surface area contributed by atoms with Crippen molar-refractivity contribution in [1.82, 2.24) is 10.2 Å². The van der Waals surface area contributed by atoms with Crippen LogP contribution in [-0.2, 0) is 12.8 Å². The van der Waals surface area contributed by atoms with Crippen LogP contribution in [0, 0.1) is 5.95 Å². The minimum Gasteiger partial charge on any atom is -0.482 e. The smallest absolute Gasteiger partial charge is 0.436 e. The number of hydrogen-bond acceptors (Lipinski definition) is 2. The molecule has 0 fully saturated rings. The Kier molecular flexibility index (Phi) is 3.22. The fourth-order valence-corrected chi connectivity index (χ4v) is 1.36. The van der Waals surface area contributed by atoms with Gasteiger partial charge in [0.05, 0.1) is 0 Å². The zero-order chi connectivity index (χ0) is 13.2. The van der Waals surface area contributed by atoms with Crippen molar-refractivity contribution in [2.75, 3.05) is 0 Å². The summed E-state index contributed by atoms with van der Waals surface area (Å²) in [6.07, 6.45) is -4.73. The molecule has 1 aromatic heterocycles. The molecule has 0 unspecified atom stereocenters. The van der Waals surface area contributed by atoms with Crippen molar-refractivity contribution in [2.45, 2.75) is 12.8 Å². The van der Waals surface area contributed by atoms with E-state index in [-0.39, 0.29) is 6.61 Å². The van der Waals surface area contributed by atoms with Gasteiger partial charge >= 0.3 is 6.18 Å². The summed E-state index contributed by atoms with van der Waals surface area (Å²) < 4.78 is 55.3. The summed E-state index contributed by atoms with van der Waals surface area (Å²) in [6.45, 7) is -0.166. The zero-order valence-electron chi connectivity index (χ0n) is 8.96. The molecule has 0 aliphatic heterocycles. The fourth-order valence-electron chi connectivity index (χ4n) is 1.36. The molecule has 1 aromatic carbocycles. The Labute approximate surface area is 99.4 Å². The van der Waals surface area contributed by atoms with E-state index in [0.717, 1.165) is 0 Å². The molecule has 7 heteroatoms. The highest BCUT2D eigenvalue weighted by molar-refractivity contribution is 5.28. The molecule has 0 aliphatic rings. The molecule has 1 N–H and O–H groups in total. The molecule has 0 saturated carbocycles. The van der Waals surface area contributed by atoms with Crippen molar-refractivity contribution in [1.29, 1.82) is 0 Å². The van der Waals surface area contributed by atoms with Gasteiger partial charge < -0.3 is 4.74 Å². The van der Waals surface area contributed by atoms with Crippen molar-refractivity contribution in [3.8, 4) is 5.75 Å². The number of rotatable bonds is 3. The monoisotopic (exact) mass is 260 g/mol. The standard InChI is InChI=1S/C11H8F4N2O/c12-10-8(9(16-17-10)11(13,14)15)18-6-7-4-2-1-3-5-7/h1-5H,6H2,(H,16,17). The number of nitrogens with zero attached hydrogens (tertiary/aromatic N) is 1. The summed E-state index contributed by atoms with van der Waals surface area (Å²) in [6, 6.07) is 8.48. The summed E-state index contributed by atoms with van der Waals surface area (Å²) in [7, 11) is 0. The quantitative estimate of drug-likeness (QED) is 0.861. The van der Waals surface area contributed by atoms with E-state index in [2.05, 4.69) is 5.10 Å². The Morgan fingerprint density at radius 2 is 1.83 bits per heavy atom. The lowest BCUT2D eigenvalue weighted by molar-refractivity contribution is -0.142. The van der Waals surface area contributed by atoms with Crippen molar-refractivity contribution < 1.29 is 22.3 Å². The van der Waals surface area contributed by atoms with Gasteiger partial charge in [0.15, 0.2) is 5.69 Å². The second-order valence-corrected chi connectivity index (χ2v) is 3.49. The average Bonchev–Trinajstić information content (AvgIpc) is 2.69. The van der Waals surface area contributed by atoms with Crippen LogP contribution in [0.3, 0.4) is 0 Å². The molecule has 0 atom stereocenters. The van der Waals surface area contributed by atoms with Gasteiger partial charge in [-0.15, -0.1) is 5.10 Å². The molecule has 18 heavy (non-hydrogen) atoms. The Balaban J connectivity index is 2.17. The lowest BCUT2D eigenvalue weighted by atomic mass is 10.2. The van der Waals surface area contributed by atoms with Gasteiger partial charge in [-0.2, -0.15) is 17.6 Å². The maximum atomic E-state index is 13.1. The van der Waals surface area contributed by atoms with E-state index in [9.17, 15) is 17.6 Å². The van der Waals surface area contributed by atoms with Crippen molar-refractivity contribution in [2.24, 2.45) is 0 Å². The van der Waals surface area contributed by atoms with Crippen molar-refractivity contribution in [3.63, 3.8) is 0 Å². The molecule has 2 rings (SSSR count). The Bertz CT molecular complexity index is 522. The first-order valence-electron chi connectivity index (χ1n) is 4.96. The molecule has 0 saturated heterocycles. The lowest BCUT2D eigenvalue weighted by Crippen LogP contribution is -2.09. The molecule has 0 spiro atoms. The molecular weight excluding hydrogens is 252 g/mol. The fraction of sp³-hybridized carbons (Fsp3) is 0.182. The zero-order valence-corrected chi connectivity index (χ0v) is 8.96. The first-order chi connectivity index (χ1) is 8.48. The van der Waals surface area contributed by atoms with Crippen molar-refractivity contribution >= 4 is 0 Å². The number of aromatic nitrogens is 2. The first kappa shape index (κ1) is 12.4. The van der Waals surface area contributed by atoms with Crippen LogP contribution in [0.25, 0.3) is 0 Å². The summed E-state index contributed by atoms with van der Waals surface area (Å²) in [4.78, 5) is 0. The van der Waals surface area contributed by atoms with E-state index < -0.39 is 23.6 Å². The second-order valence-electron chi connectivity index (χ2n) is 3.49. The van der Waals surface area contributed by atoms with Gasteiger partial charge in [-0.1, -0.05) is 30.3 Å². The highest BCUT2D eigenvalue weighted by atomic mass is 19.4. The predicted octanol–water partition coefficient (Wildman–Crippen LogP) is 3.15. The maximum Gasteiger partial charge on any atom is 0.436 e. The molecule has 96 valence electrons. The highest BCUT2D eigenvalue weighted by Gasteiger charge is 2.39. The Morgan fingerprint density at radius 3 is 2.44 bits per heavy atom. The summed E-state index contributed by atoms with van der Waals surface area (Å²) in [5, 5.41) is 4.43. The van der Waals surface area contributed by atoms with Gasteiger partial charge in [0.25, 0.3) is 5.95 Å². The molecule has 1 heterocycles. The van der Waals surface area contributed by atoms with Gasteiger partial charge in [0.2, 0.25) is 5.75 Å². The molecule has 3 nitrogen and oxygen atoms in total. The molecule has 0 amide bonds. The number of H-pyrrole nitrogens is 1. The van der Waals surface area contributed by atoms with E-state index in [1.165, 1.54) is 0 Å². The highest BCUT2D eigenvalue weighted by Crippen LogP contribution is 2.36. The molecule has 0 radical (unpaired) electrons. The number of aromatic amines is 1. The summed E-state index contributed by atoms with van der Waals surface area (Å²) >= 11 is 0. The second kappa shape index (κ2) is 4.67. The van der Waals surface area contributed by atoms with Gasteiger partial charge in [0, 0.05) is 0 Å². The maximum absolute atomic E-state index is 13.1. The van der Waals surface area contributed by atoms with Crippen molar-refractivity contribution in [3.05, 3.63) is 47.5 Å². The average molecular weight is 260 g/mol. The summed E-state index contributed by atoms with van der Waals surface area (Å²) in [5.41, 5.74) is -0.692. The number of benzene rings is 1. The van der Waals surface area contributed by atoms with E-state index in [1.807, 2.05) is 0 Å². The lowest BCUT2D eigenvalue weighted by Gasteiger charge is -2.08. The normalized spacial score (nSPS) is 11.6. The number of ether oxygens (including phenoxy) is 1. The van der Waals surface area contributed by atoms with Crippen LogP contribution in [0.2, 0.25) is 0 Å². The third kappa shape index (κ3) is 2.61. The van der Waals surface area contributed by atoms with Crippen LogP contribution < -0.4 is 4.74 Å². The van der Waals surface area contributed by atoms with E-state index in [4.69, 9.17) is 4.74 Å². The summed E-state index contributed by atoms with van der Waals surface area (Å²) in [5.74, 6) is -2.22. The number of hydrogen-bond donors (Lipinski definition) is 1. The predicted molar refractivity (Wildman–Crippen MR) is 54.3 cm³/mol. The van der Waals surface area contributed by atoms with Crippen LogP contribution in [-0.4, -0.2) is 10.2 Å². The van der Waals surface area contributed by atoms with E-state index >= 15 is 0 Å². The third-order valence-corrected chi connectivity index (χ3v) is 2.19. The van der Waals surface area contributed by atoms with Crippen LogP contribution in [0.5, 0.6) is 5.75 Å². The molecule has 0 aliphatic carbocycles. The number of nitrogens with one attached hydrogen (secondary N) is 1. The van der Waals surface area contributed by atoms with Gasteiger partial charge in [-0.05, 0) is 5.56 Å². The van der Waals surface area contributed by atoms with E-state index in [0.29, 0.717) is 5.56 Å². The van der Waals surface area contributed by atoms with Gasteiger partial charge in [0.1, 0.15) is 6.61 Å². The van der Waals surface area contributed by atoms with E-state index in [1.54, 1.807) is 35.4 Å². The molecular formula is C11H8F4N2O. The third-order valence-electron chi connectivity index (χ3n) is 2.19. The molecule has 0 bridgehead atoms.